The molecule has 2 rings (SSSR count). The zero-order valence-electron chi connectivity index (χ0n) is 20.3. The average molecular weight is 509 g/mol. The highest BCUT2D eigenvalue weighted by atomic mass is 35.5. The van der Waals surface area contributed by atoms with Crippen LogP contribution in [0.2, 0.25) is 0 Å². The molecule has 1 fully saturated rings. The van der Waals surface area contributed by atoms with E-state index in [1.807, 2.05) is 0 Å². The number of hydrogen-bond acceptors (Lipinski definition) is 7. The van der Waals surface area contributed by atoms with Crippen molar-refractivity contribution in [3.8, 4) is 11.5 Å². The van der Waals surface area contributed by atoms with Gasteiger partial charge in [-0.3, -0.25) is 0 Å². The zero-order chi connectivity index (χ0) is 25.0. The van der Waals surface area contributed by atoms with Crippen LogP contribution in [0.1, 0.15) is 20.3 Å². The van der Waals surface area contributed by atoms with Crippen LogP contribution in [-0.4, -0.2) is 67.0 Å². The number of halogens is 2. The number of rotatable bonds is 10. The SMILES string of the molecule is C=C/C=C(Cl)\C(Cl)=C/CNc1ccc(OC)c(OCCC2CN(C)CC(C)(C)O2)ccncn1. The van der Waals surface area contributed by atoms with Gasteiger partial charge >= 0.3 is 0 Å². The second-order valence-corrected chi connectivity index (χ2v) is 9.19. The van der Waals surface area contributed by atoms with Crippen molar-refractivity contribution >= 4 is 29.0 Å². The van der Waals surface area contributed by atoms with Gasteiger partial charge in [0, 0.05) is 38.3 Å². The highest BCUT2D eigenvalue weighted by Crippen LogP contribution is 2.26. The number of methoxy groups -OCH3 is 1. The molecule has 0 saturated carbocycles. The zero-order valence-corrected chi connectivity index (χ0v) is 21.8. The summed E-state index contributed by atoms with van der Waals surface area (Å²) in [4.78, 5) is 10.8. The Morgan fingerprint density at radius 2 is 2.09 bits per heavy atom. The van der Waals surface area contributed by atoms with Gasteiger partial charge in [0.1, 0.15) is 12.1 Å². The van der Waals surface area contributed by atoms with Crippen molar-refractivity contribution in [3.63, 3.8) is 0 Å². The summed E-state index contributed by atoms with van der Waals surface area (Å²) in [6.07, 6.45) is 8.86. The summed E-state index contributed by atoms with van der Waals surface area (Å²) in [7, 11) is 3.70. The number of hydrogen-bond donors (Lipinski definition) is 1. The summed E-state index contributed by atoms with van der Waals surface area (Å²) < 4.78 is 17.8. The summed E-state index contributed by atoms with van der Waals surface area (Å²) in [5.41, 5.74) is -0.169. The second kappa shape index (κ2) is 14.2. The quantitative estimate of drug-likeness (QED) is 0.428. The molecule has 1 aliphatic rings. The highest BCUT2D eigenvalue weighted by molar-refractivity contribution is 6.44. The van der Waals surface area contributed by atoms with E-state index in [0.717, 1.165) is 19.5 Å². The second-order valence-electron chi connectivity index (χ2n) is 8.38. The molecular formula is C25H34Cl2N4O3. The summed E-state index contributed by atoms with van der Waals surface area (Å²) >= 11 is 12.2. The van der Waals surface area contributed by atoms with Crippen molar-refractivity contribution in [2.24, 2.45) is 0 Å². The van der Waals surface area contributed by atoms with E-state index in [0.29, 0.717) is 40.5 Å². The highest BCUT2D eigenvalue weighted by Gasteiger charge is 2.31. The minimum Gasteiger partial charge on any atom is -0.493 e. The first-order valence-corrected chi connectivity index (χ1v) is 11.8. The fourth-order valence-electron chi connectivity index (χ4n) is 3.56. The van der Waals surface area contributed by atoms with Crippen molar-refractivity contribution in [3.05, 3.63) is 65.6 Å². The molecule has 0 aromatic carbocycles. The monoisotopic (exact) mass is 508 g/mol. The smallest absolute Gasteiger partial charge is 0.162 e. The Hall–Kier alpha value is -2.32. The molecule has 0 aliphatic carbocycles. The lowest BCUT2D eigenvalue weighted by atomic mass is 10.0. The van der Waals surface area contributed by atoms with Crippen molar-refractivity contribution < 1.29 is 14.2 Å². The van der Waals surface area contributed by atoms with Gasteiger partial charge in [-0.05, 0) is 45.2 Å². The Kier molecular flexibility index (Phi) is 11.6. The number of allylic oxidation sites excluding steroid dienone is 4. The summed E-state index contributed by atoms with van der Waals surface area (Å²) in [5.74, 6) is 1.69. The number of aromatic nitrogens is 2. The van der Waals surface area contributed by atoms with E-state index in [4.69, 9.17) is 37.4 Å². The number of anilines is 1. The molecule has 2 heterocycles. The molecule has 1 aromatic heterocycles. The molecule has 186 valence electrons. The van der Waals surface area contributed by atoms with Crippen molar-refractivity contribution in [2.75, 3.05) is 45.7 Å². The molecule has 9 heteroatoms. The predicted octanol–water partition coefficient (Wildman–Crippen LogP) is 5.33. The Morgan fingerprint density at radius 1 is 1.29 bits per heavy atom. The largest absolute Gasteiger partial charge is 0.493 e. The fraction of sp³-hybridized carbons (Fsp3) is 0.440. The molecule has 0 bridgehead atoms. The molecule has 0 amide bonds. The van der Waals surface area contributed by atoms with Gasteiger partial charge in [0.25, 0.3) is 0 Å². The molecule has 7 nitrogen and oxygen atoms in total. The summed E-state index contributed by atoms with van der Waals surface area (Å²) in [6.45, 7) is 10.5. The van der Waals surface area contributed by atoms with Crippen LogP contribution in [0.4, 0.5) is 5.82 Å². The molecule has 1 N–H and O–H groups in total. The van der Waals surface area contributed by atoms with Crippen LogP contribution in [-0.2, 0) is 4.74 Å². The predicted molar refractivity (Wildman–Crippen MR) is 139 cm³/mol. The van der Waals surface area contributed by atoms with Gasteiger partial charge in [0.05, 0.1) is 35.5 Å². The molecule has 1 aromatic rings. The number of ether oxygens (including phenoxy) is 3. The van der Waals surface area contributed by atoms with Gasteiger partial charge in [-0.25, -0.2) is 9.97 Å². The molecule has 1 saturated heterocycles. The first-order chi connectivity index (χ1) is 16.2. The van der Waals surface area contributed by atoms with E-state index in [2.05, 4.69) is 47.7 Å². The van der Waals surface area contributed by atoms with Crippen LogP contribution < -0.4 is 14.8 Å². The molecule has 1 aliphatic heterocycles. The Bertz CT molecular complexity index is 936. The number of nitrogens with zero attached hydrogens (tertiary/aromatic N) is 3. The van der Waals surface area contributed by atoms with Gasteiger partial charge in [0.15, 0.2) is 11.5 Å². The van der Waals surface area contributed by atoms with Crippen LogP contribution in [0.15, 0.2) is 65.6 Å². The average Bonchev–Trinajstić information content (AvgIpc) is 2.76. The molecule has 1 atom stereocenters. The van der Waals surface area contributed by atoms with Gasteiger partial charge in [0.2, 0.25) is 0 Å². The number of nitrogens with one attached hydrogen (secondary N) is 1. The Labute approximate surface area is 212 Å². The van der Waals surface area contributed by atoms with Crippen molar-refractivity contribution in [1.29, 1.82) is 0 Å². The maximum Gasteiger partial charge on any atom is 0.162 e. The van der Waals surface area contributed by atoms with Crippen LogP contribution in [0, 0.1) is 0 Å². The molecular weight excluding hydrogens is 475 g/mol. The van der Waals surface area contributed by atoms with Crippen LogP contribution >= 0.6 is 23.2 Å². The first-order valence-electron chi connectivity index (χ1n) is 11.0. The van der Waals surface area contributed by atoms with Gasteiger partial charge in [-0.1, -0.05) is 35.9 Å². The minimum absolute atomic E-state index is 0.107. The normalized spacial score (nSPS) is 18.6. The topological polar surface area (TPSA) is 68.7 Å². The third-order valence-corrected chi connectivity index (χ3v) is 5.62. The van der Waals surface area contributed by atoms with Crippen molar-refractivity contribution in [2.45, 2.75) is 32.0 Å². The van der Waals surface area contributed by atoms with Gasteiger partial charge in [-0.15, -0.1) is 0 Å². The van der Waals surface area contributed by atoms with E-state index in [9.17, 15) is 0 Å². The van der Waals surface area contributed by atoms with E-state index < -0.39 is 0 Å². The maximum atomic E-state index is 6.19. The van der Waals surface area contributed by atoms with E-state index >= 15 is 0 Å². The molecule has 0 radical (unpaired) electrons. The third-order valence-electron chi connectivity index (χ3n) is 4.84. The van der Waals surface area contributed by atoms with Crippen LogP contribution in [0.3, 0.4) is 0 Å². The summed E-state index contributed by atoms with van der Waals surface area (Å²) in [6, 6.07) is 5.31. The lowest BCUT2D eigenvalue weighted by Gasteiger charge is -2.41. The lowest BCUT2D eigenvalue weighted by molar-refractivity contribution is -0.134. The Balaban J connectivity index is 2.09. The van der Waals surface area contributed by atoms with Crippen molar-refractivity contribution in [1.82, 2.24) is 14.9 Å². The van der Waals surface area contributed by atoms with E-state index in [-0.39, 0.29) is 11.7 Å². The van der Waals surface area contributed by atoms with Crippen LogP contribution in [0.25, 0.3) is 0 Å². The molecule has 34 heavy (non-hydrogen) atoms. The lowest BCUT2D eigenvalue weighted by Crippen LogP contribution is -2.51. The first kappa shape index (κ1) is 27.9. The van der Waals surface area contributed by atoms with Crippen LogP contribution in [0.5, 0.6) is 11.5 Å². The Morgan fingerprint density at radius 3 is 2.79 bits per heavy atom. The van der Waals surface area contributed by atoms with E-state index in [1.54, 1.807) is 49.7 Å². The molecule has 1 unspecified atom stereocenters. The number of morpholine rings is 1. The number of likely N-dealkylation sites (N-methyl/N-ethyl adjacent to an activating group) is 1. The van der Waals surface area contributed by atoms with Gasteiger partial charge in [-0.2, -0.15) is 0 Å². The maximum absolute atomic E-state index is 6.19. The van der Waals surface area contributed by atoms with E-state index in [1.165, 1.54) is 6.33 Å². The molecule has 0 spiro atoms. The standard InChI is InChI=1S/C25H34Cl2N4O3/c1-6-7-20(26)21(27)10-14-29-24-9-8-22(32-5)23(11-13-28-18-30-24)33-15-12-19-16-31(4)17-25(2,3)34-19/h6-11,13,18-19H,1,12,14-17H2,2-5H3,(H,28,29,30)/b20-7+,21-10+. The summed E-state index contributed by atoms with van der Waals surface area (Å²) in [5, 5.41) is 3.99. The van der Waals surface area contributed by atoms with Gasteiger partial charge < -0.3 is 24.4 Å². The minimum atomic E-state index is -0.169. The third kappa shape index (κ3) is 9.89. The fourth-order valence-corrected chi connectivity index (χ4v) is 3.87.